The number of hydrogen-bond acceptors (Lipinski definition) is 3. The van der Waals surface area contributed by atoms with Gasteiger partial charge in [0.1, 0.15) is 5.82 Å². The van der Waals surface area contributed by atoms with Crippen molar-refractivity contribution in [1.82, 2.24) is 14.5 Å². The van der Waals surface area contributed by atoms with Gasteiger partial charge >= 0.3 is 0 Å². The van der Waals surface area contributed by atoms with E-state index in [0.29, 0.717) is 5.39 Å². The van der Waals surface area contributed by atoms with Crippen LogP contribution in [-0.4, -0.2) is 28.5 Å². The molecule has 2 aromatic rings. The minimum Gasteiger partial charge on any atom is -0.382 e. The summed E-state index contributed by atoms with van der Waals surface area (Å²) in [5, 5.41) is 0.692. The second kappa shape index (κ2) is 5.67. The van der Waals surface area contributed by atoms with Crippen LogP contribution in [0.2, 0.25) is 0 Å². The fourth-order valence-electron chi connectivity index (χ4n) is 2.60. The lowest BCUT2D eigenvalue weighted by Gasteiger charge is -2.22. The zero-order chi connectivity index (χ0) is 13.4. The van der Waals surface area contributed by atoms with Gasteiger partial charge in [0.2, 0.25) is 0 Å². The molecule has 0 saturated heterocycles. The highest BCUT2D eigenvalue weighted by Crippen LogP contribution is 2.22. The standard InChI is InChI=1S/C15H17N3O.ClH/c1-17(2)10-11-6-5-9-14-16-13-8-4-3-7-12(13)15(19)18(11)14;/h3-4,7-8,10H,5-6,9H2,1-2H3;1H/b11-10-;. The lowest BCUT2D eigenvalue weighted by atomic mass is 10.1. The summed E-state index contributed by atoms with van der Waals surface area (Å²) < 4.78 is 1.78. The van der Waals surface area contributed by atoms with Gasteiger partial charge < -0.3 is 4.90 Å². The van der Waals surface area contributed by atoms with E-state index in [9.17, 15) is 4.79 Å². The SMILES string of the molecule is CN(C)/C=C1/CCCc2nc3ccccc3c(=O)n21.Cl. The maximum atomic E-state index is 12.6. The molecule has 1 aliphatic heterocycles. The predicted molar refractivity (Wildman–Crippen MR) is 84.1 cm³/mol. The quantitative estimate of drug-likeness (QED) is 0.810. The smallest absolute Gasteiger partial charge is 0.265 e. The third-order valence-corrected chi connectivity index (χ3v) is 3.37. The van der Waals surface area contributed by atoms with E-state index in [1.165, 1.54) is 0 Å². The molecule has 1 aromatic carbocycles. The molecule has 0 fully saturated rings. The Bertz CT molecular complexity index is 719. The van der Waals surface area contributed by atoms with E-state index in [1.807, 2.05) is 49.5 Å². The van der Waals surface area contributed by atoms with Crippen LogP contribution in [0.25, 0.3) is 16.6 Å². The highest BCUT2D eigenvalue weighted by Gasteiger charge is 2.18. The fraction of sp³-hybridized carbons (Fsp3) is 0.333. The van der Waals surface area contributed by atoms with Crippen LogP contribution < -0.4 is 5.56 Å². The number of halogens is 1. The van der Waals surface area contributed by atoms with E-state index in [1.54, 1.807) is 4.57 Å². The van der Waals surface area contributed by atoms with E-state index in [0.717, 1.165) is 36.3 Å². The number of hydrogen-bond donors (Lipinski definition) is 0. The number of aryl methyl sites for hydroxylation is 1. The molecule has 0 saturated carbocycles. The molecule has 0 atom stereocenters. The minimum absolute atomic E-state index is 0. The normalized spacial score (nSPS) is 15.8. The van der Waals surface area contributed by atoms with Crippen LogP contribution in [0.1, 0.15) is 18.7 Å². The van der Waals surface area contributed by atoms with Crippen LogP contribution in [0.5, 0.6) is 0 Å². The van der Waals surface area contributed by atoms with Crippen molar-refractivity contribution in [2.45, 2.75) is 19.3 Å². The maximum absolute atomic E-state index is 12.6. The summed E-state index contributed by atoms with van der Waals surface area (Å²) >= 11 is 0. The Hall–Kier alpha value is -1.81. The highest BCUT2D eigenvalue weighted by molar-refractivity contribution is 5.85. The van der Waals surface area contributed by atoms with Gasteiger partial charge in [0, 0.05) is 32.4 Å². The Morgan fingerprint density at radius 2 is 2.00 bits per heavy atom. The molecule has 20 heavy (non-hydrogen) atoms. The van der Waals surface area contributed by atoms with E-state index in [2.05, 4.69) is 4.98 Å². The summed E-state index contributed by atoms with van der Waals surface area (Å²) in [4.78, 5) is 19.2. The van der Waals surface area contributed by atoms with Crippen LogP contribution in [0.4, 0.5) is 0 Å². The average Bonchev–Trinajstić information content (AvgIpc) is 2.38. The van der Waals surface area contributed by atoms with Crippen molar-refractivity contribution in [3.8, 4) is 0 Å². The van der Waals surface area contributed by atoms with Crippen molar-refractivity contribution in [2.75, 3.05) is 14.1 Å². The third-order valence-electron chi connectivity index (χ3n) is 3.37. The number of fused-ring (bicyclic) bond motifs is 2. The molecule has 0 bridgehead atoms. The largest absolute Gasteiger partial charge is 0.382 e. The highest BCUT2D eigenvalue weighted by atomic mass is 35.5. The molecule has 0 spiro atoms. The lowest BCUT2D eigenvalue weighted by molar-refractivity contribution is 0.552. The first-order valence-electron chi connectivity index (χ1n) is 6.55. The molecular weight excluding hydrogens is 274 g/mol. The second-order valence-electron chi connectivity index (χ2n) is 5.12. The molecule has 0 amide bonds. The zero-order valence-electron chi connectivity index (χ0n) is 11.7. The molecule has 0 radical (unpaired) electrons. The molecule has 0 aliphatic carbocycles. The number of aromatic nitrogens is 2. The van der Waals surface area contributed by atoms with Gasteiger partial charge in [-0.1, -0.05) is 12.1 Å². The summed E-state index contributed by atoms with van der Waals surface area (Å²) in [6.07, 6.45) is 4.85. The first-order chi connectivity index (χ1) is 9.16. The van der Waals surface area contributed by atoms with Crippen molar-refractivity contribution < 1.29 is 0 Å². The molecule has 1 aromatic heterocycles. The van der Waals surface area contributed by atoms with Gasteiger partial charge in [-0.25, -0.2) is 4.98 Å². The van der Waals surface area contributed by atoms with Crippen LogP contribution in [0.15, 0.2) is 35.3 Å². The summed E-state index contributed by atoms with van der Waals surface area (Å²) in [5.74, 6) is 0.878. The van der Waals surface area contributed by atoms with Crippen LogP contribution in [-0.2, 0) is 6.42 Å². The summed E-state index contributed by atoms with van der Waals surface area (Å²) in [6, 6.07) is 7.56. The van der Waals surface area contributed by atoms with Crippen LogP contribution in [0.3, 0.4) is 0 Å². The number of rotatable bonds is 1. The lowest BCUT2D eigenvalue weighted by Crippen LogP contribution is -2.28. The summed E-state index contributed by atoms with van der Waals surface area (Å²) in [7, 11) is 3.95. The van der Waals surface area contributed by atoms with Crippen molar-refractivity contribution >= 4 is 29.0 Å². The second-order valence-corrected chi connectivity index (χ2v) is 5.12. The Balaban J connectivity index is 0.00000147. The van der Waals surface area contributed by atoms with E-state index < -0.39 is 0 Å². The first kappa shape index (κ1) is 14.6. The maximum Gasteiger partial charge on any atom is 0.265 e. The van der Waals surface area contributed by atoms with E-state index in [-0.39, 0.29) is 18.0 Å². The molecule has 2 heterocycles. The topological polar surface area (TPSA) is 38.1 Å². The van der Waals surface area contributed by atoms with Crippen LogP contribution >= 0.6 is 12.4 Å². The van der Waals surface area contributed by atoms with Crippen molar-refractivity contribution in [3.63, 3.8) is 0 Å². The number of allylic oxidation sites excluding steroid dienone is 1. The van der Waals surface area contributed by atoms with Crippen LogP contribution in [0, 0.1) is 0 Å². The van der Waals surface area contributed by atoms with Gasteiger partial charge in [-0.3, -0.25) is 9.36 Å². The Morgan fingerprint density at radius 3 is 2.75 bits per heavy atom. The first-order valence-corrected chi connectivity index (χ1v) is 6.55. The Kier molecular flexibility index (Phi) is 4.14. The predicted octanol–water partition coefficient (Wildman–Crippen LogP) is 2.51. The van der Waals surface area contributed by atoms with Gasteiger partial charge in [-0.15, -0.1) is 12.4 Å². The van der Waals surface area contributed by atoms with Crippen molar-refractivity contribution in [3.05, 3.63) is 46.6 Å². The molecule has 1 aliphatic rings. The van der Waals surface area contributed by atoms with Gasteiger partial charge in [-0.2, -0.15) is 0 Å². The summed E-state index contributed by atoms with van der Waals surface area (Å²) in [6.45, 7) is 0. The Labute approximate surface area is 124 Å². The van der Waals surface area contributed by atoms with Crippen molar-refractivity contribution in [1.29, 1.82) is 0 Å². The van der Waals surface area contributed by atoms with E-state index in [4.69, 9.17) is 0 Å². The zero-order valence-corrected chi connectivity index (χ0v) is 12.5. The summed E-state index contributed by atoms with van der Waals surface area (Å²) in [5.41, 5.74) is 1.88. The van der Waals surface area contributed by atoms with Crippen molar-refractivity contribution in [2.24, 2.45) is 0 Å². The van der Waals surface area contributed by atoms with Gasteiger partial charge in [0.25, 0.3) is 5.56 Å². The van der Waals surface area contributed by atoms with E-state index >= 15 is 0 Å². The molecule has 0 unspecified atom stereocenters. The number of para-hydroxylation sites is 1. The fourth-order valence-corrected chi connectivity index (χ4v) is 2.60. The third kappa shape index (κ3) is 2.43. The number of benzene rings is 1. The molecule has 5 heteroatoms. The number of nitrogens with zero attached hydrogens (tertiary/aromatic N) is 3. The molecule has 0 N–H and O–H groups in total. The van der Waals surface area contributed by atoms with Gasteiger partial charge in [0.05, 0.1) is 10.9 Å². The molecule has 4 nitrogen and oxygen atoms in total. The molecular formula is C15H18ClN3O. The van der Waals surface area contributed by atoms with Gasteiger partial charge in [-0.05, 0) is 25.0 Å². The monoisotopic (exact) mass is 291 g/mol. The van der Waals surface area contributed by atoms with Gasteiger partial charge in [0.15, 0.2) is 0 Å². The molecule has 106 valence electrons. The molecule has 3 rings (SSSR count). The minimum atomic E-state index is 0. The average molecular weight is 292 g/mol. The Morgan fingerprint density at radius 1 is 1.25 bits per heavy atom.